The molecule has 0 aliphatic heterocycles. The predicted octanol–water partition coefficient (Wildman–Crippen LogP) is 5.69. The molecule has 42 heavy (non-hydrogen) atoms. The van der Waals surface area contributed by atoms with E-state index in [1.165, 1.54) is 11.8 Å². The third-order valence-corrected chi connectivity index (χ3v) is 7.43. The van der Waals surface area contributed by atoms with Gasteiger partial charge in [-0.05, 0) is 22.3 Å². The van der Waals surface area contributed by atoms with E-state index in [0.29, 0.717) is 5.75 Å². The molecule has 4 rings (SSSR count). The molecule has 0 saturated heterocycles. The molecule has 2 atom stereocenters. The fourth-order valence-corrected chi connectivity index (χ4v) is 5.12. The lowest BCUT2D eigenvalue weighted by Gasteiger charge is -2.23. The van der Waals surface area contributed by atoms with Gasteiger partial charge in [0.15, 0.2) is 0 Å². The summed E-state index contributed by atoms with van der Waals surface area (Å²) in [4.78, 5) is 39.5. The number of carbonyl (C=O) groups excluding carboxylic acids is 3. The summed E-state index contributed by atoms with van der Waals surface area (Å²) in [5.41, 5.74) is 3.63. The molecule has 0 heterocycles. The third kappa shape index (κ3) is 10.4. The average Bonchev–Trinajstić information content (AvgIpc) is 3.04. The average molecular weight is 583 g/mol. The zero-order chi connectivity index (χ0) is 29.4. The van der Waals surface area contributed by atoms with Gasteiger partial charge in [-0.3, -0.25) is 4.79 Å². The number of hydrogen-bond donors (Lipinski definition) is 2. The van der Waals surface area contributed by atoms with Crippen LogP contribution in [-0.2, 0) is 44.5 Å². The number of ether oxygens (including phenoxy) is 2. The van der Waals surface area contributed by atoms with Crippen molar-refractivity contribution >= 4 is 29.7 Å². The second-order valence-electron chi connectivity index (χ2n) is 9.60. The minimum Gasteiger partial charge on any atom is -0.459 e. The minimum absolute atomic E-state index is 0.0701. The molecule has 0 unspecified atom stereocenters. The Hall–Kier alpha value is -4.56. The zero-order valence-electron chi connectivity index (χ0n) is 23.2. The van der Waals surface area contributed by atoms with Gasteiger partial charge in [0.25, 0.3) is 0 Å². The van der Waals surface area contributed by atoms with E-state index < -0.39 is 30.1 Å². The molecule has 0 fully saturated rings. The first-order valence-electron chi connectivity index (χ1n) is 13.7. The molecular formula is C34H34N2O5S. The number of benzene rings is 4. The number of carbonyl (C=O) groups is 3. The van der Waals surface area contributed by atoms with Gasteiger partial charge in [-0.1, -0.05) is 121 Å². The molecule has 0 saturated carbocycles. The highest BCUT2D eigenvalue weighted by Crippen LogP contribution is 2.14. The van der Waals surface area contributed by atoms with Crippen LogP contribution in [0.15, 0.2) is 121 Å². The summed E-state index contributed by atoms with van der Waals surface area (Å²) in [6.45, 7) is 0.155. The van der Waals surface area contributed by atoms with Crippen LogP contribution in [0.4, 0.5) is 4.79 Å². The summed E-state index contributed by atoms with van der Waals surface area (Å²) in [6.07, 6.45) is -0.478. The Morgan fingerprint density at radius 2 is 1.05 bits per heavy atom. The topological polar surface area (TPSA) is 93.7 Å². The van der Waals surface area contributed by atoms with Crippen LogP contribution in [-0.4, -0.2) is 35.8 Å². The SMILES string of the molecule is O=C(N[C@H](CSCc1ccccc1)C(=O)N[C@@H](Cc1ccccc1)C(=O)OCc1ccccc1)OCc1ccccc1. The third-order valence-electron chi connectivity index (χ3n) is 6.32. The number of amides is 2. The monoisotopic (exact) mass is 582 g/mol. The molecule has 216 valence electrons. The van der Waals surface area contributed by atoms with Crippen LogP contribution in [0.1, 0.15) is 22.3 Å². The fraction of sp³-hybridized carbons (Fsp3) is 0.206. The van der Waals surface area contributed by atoms with Crippen molar-refractivity contribution in [2.75, 3.05) is 5.75 Å². The maximum atomic E-state index is 13.6. The van der Waals surface area contributed by atoms with Gasteiger partial charge in [0.2, 0.25) is 5.91 Å². The number of hydrogen-bond acceptors (Lipinski definition) is 6. The molecular weight excluding hydrogens is 548 g/mol. The summed E-state index contributed by atoms with van der Waals surface area (Å²) in [6, 6.07) is 36.0. The summed E-state index contributed by atoms with van der Waals surface area (Å²) in [5, 5.41) is 5.53. The molecule has 0 aromatic heterocycles. The highest BCUT2D eigenvalue weighted by atomic mass is 32.2. The molecule has 2 amide bonds. The lowest BCUT2D eigenvalue weighted by molar-refractivity contribution is -0.149. The number of esters is 1. The van der Waals surface area contributed by atoms with Gasteiger partial charge in [0.05, 0.1) is 0 Å². The highest BCUT2D eigenvalue weighted by molar-refractivity contribution is 7.98. The number of rotatable bonds is 14. The largest absolute Gasteiger partial charge is 0.459 e. The molecule has 4 aromatic carbocycles. The molecule has 0 aliphatic carbocycles. The molecule has 4 aromatic rings. The lowest BCUT2D eigenvalue weighted by atomic mass is 10.1. The van der Waals surface area contributed by atoms with Gasteiger partial charge >= 0.3 is 12.1 Å². The van der Waals surface area contributed by atoms with Crippen molar-refractivity contribution < 1.29 is 23.9 Å². The fourth-order valence-electron chi connectivity index (χ4n) is 4.10. The van der Waals surface area contributed by atoms with E-state index in [9.17, 15) is 14.4 Å². The highest BCUT2D eigenvalue weighted by Gasteiger charge is 2.28. The Balaban J connectivity index is 1.43. The normalized spacial score (nSPS) is 12.0. The van der Waals surface area contributed by atoms with E-state index in [1.807, 2.05) is 121 Å². The maximum absolute atomic E-state index is 13.6. The smallest absolute Gasteiger partial charge is 0.408 e. The number of thioether (sulfide) groups is 1. The zero-order valence-corrected chi connectivity index (χ0v) is 24.0. The van der Waals surface area contributed by atoms with Crippen molar-refractivity contribution in [2.24, 2.45) is 0 Å². The van der Waals surface area contributed by atoms with E-state index in [-0.39, 0.29) is 25.4 Å². The number of alkyl carbamates (subject to hydrolysis) is 1. The standard InChI is InChI=1S/C34H34N2O5S/c37-32(35-30(21-26-13-5-1-6-14-26)33(38)40-22-27-15-7-2-8-16-27)31(25-42-24-29-19-11-4-12-20-29)36-34(39)41-23-28-17-9-3-10-18-28/h1-20,30-31H,21-25H2,(H,35,37)(H,36,39)/t30-,31+/m0/s1. The lowest BCUT2D eigenvalue weighted by Crippen LogP contribution is -2.53. The van der Waals surface area contributed by atoms with Gasteiger partial charge in [-0.2, -0.15) is 11.8 Å². The Labute approximate surface area is 250 Å². The van der Waals surface area contributed by atoms with Gasteiger partial charge in [-0.25, -0.2) is 9.59 Å². The van der Waals surface area contributed by atoms with Crippen LogP contribution in [0.5, 0.6) is 0 Å². The molecule has 0 spiro atoms. The second-order valence-corrected chi connectivity index (χ2v) is 10.6. The van der Waals surface area contributed by atoms with Crippen molar-refractivity contribution in [3.05, 3.63) is 144 Å². The maximum Gasteiger partial charge on any atom is 0.408 e. The minimum atomic E-state index is -0.952. The quantitative estimate of drug-likeness (QED) is 0.186. The first-order valence-corrected chi connectivity index (χ1v) is 14.9. The van der Waals surface area contributed by atoms with Crippen molar-refractivity contribution in [1.82, 2.24) is 10.6 Å². The first kappa shape index (κ1) is 30.4. The Morgan fingerprint density at radius 3 is 1.60 bits per heavy atom. The molecule has 8 heteroatoms. The number of nitrogens with one attached hydrogen (secondary N) is 2. The molecule has 0 aliphatic rings. The van der Waals surface area contributed by atoms with E-state index in [4.69, 9.17) is 9.47 Å². The first-order chi connectivity index (χ1) is 20.6. The Kier molecular flexibility index (Phi) is 12.0. The second kappa shape index (κ2) is 16.6. The molecule has 0 radical (unpaired) electrons. The van der Waals surface area contributed by atoms with Crippen molar-refractivity contribution in [1.29, 1.82) is 0 Å². The van der Waals surface area contributed by atoms with Gasteiger partial charge in [-0.15, -0.1) is 0 Å². The van der Waals surface area contributed by atoms with Crippen molar-refractivity contribution in [3.8, 4) is 0 Å². The van der Waals surface area contributed by atoms with E-state index in [1.54, 1.807) is 0 Å². The van der Waals surface area contributed by atoms with Gasteiger partial charge in [0, 0.05) is 17.9 Å². The Bertz CT molecular complexity index is 1390. The van der Waals surface area contributed by atoms with Crippen molar-refractivity contribution in [2.45, 2.75) is 37.5 Å². The van der Waals surface area contributed by atoms with E-state index >= 15 is 0 Å². The summed E-state index contributed by atoms with van der Waals surface area (Å²) in [7, 11) is 0. The van der Waals surface area contributed by atoms with Gasteiger partial charge in [0.1, 0.15) is 25.3 Å². The van der Waals surface area contributed by atoms with Crippen LogP contribution in [0.2, 0.25) is 0 Å². The molecule has 0 bridgehead atoms. The van der Waals surface area contributed by atoms with Crippen LogP contribution < -0.4 is 10.6 Å². The molecule has 7 nitrogen and oxygen atoms in total. The summed E-state index contributed by atoms with van der Waals surface area (Å²) in [5.74, 6) is -0.126. The van der Waals surface area contributed by atoms with Crippen molar-refractivity contribution in [3.63, 3.8) is 0 Å². The van der Waals surface area contributed by atoms with Crippen LogP contribution >= 0.6 is 11.8 Å². The summed E-state index contributed by atoms with van der Waals surface area (Å²) >= 11 is 1.50. The van der Waals surface area contributed by atoms with Crippen LogP contribution in [0.25, 0.3) is 0 Å². The van der Waals surface area contributed by atoms with E-state index in [2.05, 4.69) is 10.6 Å². The van der Waals surface area contributed by atoms with Crippen LogP contribution in [0, 0.1) is 0 Å². The summed E-state index contributed by atoms with van der Waals surface area (Å²) < 4.78 is 11.0. The van der Waals surface area contributed by atoms with E-state index in [0.717, 1.165) is 22.3 Å². The Morgan fingerprint density at radius 1 is 0.571 bits per heavy atom. The molecule has 2 N–H and O–H groups in total. The van der Waals surface area contributed by atoms with Gasteiger partial charge < -0.3 is 20.1 Å². The van der Waals surface area contributed by atoms with Crippen LogP contribution in [0.3, 0.4) is 0 Å². The predicted molar refractivity (Wildman–Crippen MR) is 164 cm³/mol.